The molecule has 4 atom stereocenters. The van der Waals surface area contributed by atoms with E-state index in [2.05, 4.69) is 5.32 Å². The van der Waals surface area contributed by atoms with Crippen molar-refractivity contribution in [3.63, 3.8) is 0 Å². The Morgan fingerprint density at radius 1 is 0.850 bits per heavy atom. The van der Waals surface area contributed by atoms with Crippen molar-refractivity contribution in [2.75, 3.05) is 14.2 Å². The second kappa shape index (κ2) is 11.4. The number of nitrogens with one attached hydrogen (secondary N) is 1. The fourth-order valence-corrected chi connectivity index (χ4v) is 5.73. The maximum Gasteiger partial charge on any atom is 0.330 e. The van der Waals surface area contributed by atoms with Gasteiger partial charge in [0, 0.05) is 17.5 Å². The molecule has 40 heavy (non-hydrogen) atoms. The summed E-state index contributed by atoms with van der Waals surface area (Å²) in [7, 11) is 3.10. The van der Waals surface area contributed by atoms with E-state index in [1.165, 1.54) is 11.8 Å². The molecule has 4 unspecified atom stereocenters. The van der Waals surface area contributed by atoms with Crippen molar-refractivity contribution in [2.24, 2.45) is 5.92 Å². The van der Waals surface area contributed by atoms with Crippen LogP contribution in [0.3, 0.4) is 0 Å². The summed E-state index contributed by atoms with van der Waals surface area (Å²) in [4.78, 5) is 43.0. The minimum atomic E-state index is -1.77. The molecule has 0 bridgehead atoms. The van der Waals surface area contributed by atoms with Crippen molar-refractivity contribution in [2.45, 2.75) is 51.2 Å². The summed E-state index contributed by atoms with van der Waals surface area (Å²) >= 11 is 0. The van der Waals surface area contributed by atoms with Crippen LogP contribution in [0.2, 0.25) is 0 Å². The molecule has 1 fully saturated rings. The smallest absolute Gasteiger partial charge is 0.330 e. The van der Waals surface area contributed by atoms with Crippen LogP contribution in [0.5, 0.6) is 11.5 Å². The van der Waals surface area contributed by atoms with Gasteiger partial charge in [-0.15, -0.1) is 0 Å². The molecule has 1 heterocycles. The summed E-state index contributed by atoms with van der Waals surface area (Å²) < 4.78 is 10.6. The monoisotopic (exact) mass is 544 g/mol. The lowest BCUT2D eigenvalue weighted by molar-refractivity contribution is -0.148. The predicted octanol–water partition coefficient (Wildman–Crippen LogP) is 5.61. The average Bonchev–Trinajstić information content (AvgIpc) is 3.23. The number of carbonyl (C=O) groups excluding carboxylic acids is 2. The Kier molecular flexibility index (Phi) is 8.18. The van der Waals surface area contributed by atoms with Gasteiger partial charge in [-0.25, -0.2) is 9.59 Å². The minimum absolute atomic E-state index is 0.250. The number of ether oxygens (including phenoxy) is 2. The number of carboxylic acids is 1. The first kappa shape index (κ1) is 28.7. The number of aliphatic carboxylic acids is 1. The molecule has 0 saturated carbocycles. The molecule has 0 spiro atoms. The number of hydrogen-bond acceptors (Lipinski definition) is 5. The highest BCUT2D eigenvalue weighted by Crippen LogP contribution is 2.56. The fourth-order valence-electron chi connectivity index (χ4n) is 5.73. The maximum absolute atomic E-state index is 14.5. The number of carboxylic acid groups (broad SMARTS) is 1. The van der Waals surface area contributed by atoms with Crippen molar-refractivity contribution in [1.82, 2.24) is 10.2 Å². The number of aryl methyl sites for hydroxylation is 1. The summed E-state index contributed by atoms with van der Waals surface area (Å²) in [6, 6.07) is 19.7. The van der Waals surface area contributed by atoms with Crippen molar-refractivity contribution >= 4 is 17.8 Å². The Hall–Kier alpha value is -4.33. The number of carbonyl (C=O) groups is 3. The van der Waals surface area contributed by atoms with Crippen LogP contribution in [-0.2, 0) is 4.79 Å². The highest BCUT2D eigenvalue weighted by atomic mass is 16.5. The van der Waals surface area contributed by atoms with Crippen molar-refractivity contribution in [3.8, 4) is 11.5 Å². The van der Waals surface area contributed by atoms with Gasteiger partial charge in [-0.05, 0) is 75.2 Å². The zero-order chi connectivity index (χ0) is 29.2. The number of Topliss-reactive ketones (excluding diaryl/α,β-unsaturated/α-hetero) is 1. The first-order valence-corrected chi connectivity index (χ1v) is 13.2. The zero-order valence-corrected chi connectivity index (χ0v) is 23.7. The van der Waals surface area contributed by atoms with Gasteiger partial charge in [-0.2, -0.15) is 0 Å². The molecule has 4 rings (SSSR count). The molecule has 210 valence electrons. The summed E-state index contributed by atoms with van der Waals surface area (Å²) in [6.07, 6.45) is 0. The zero-order valence-electron chi connectivity index (χ0n) is 23.7. The number of amides is 2. The lowest BCUT2D eigenvalue weighted by Crippen LogP contribution is -2.57. The van der Waals surface area contributed by atoms with Gasteiger partial charge >= 0.3 is 12.0 Å². The topological polar surface area (TPSA) is 105 Å². The van der Waals surface area contributed by atoms with Crippen LogP contribution in [-0.4, -0.2) is 53.6 Å². The minimum Gasteiger partial charge on any atom is -0.497 e. The Balaban J connectivity index is 2.02. The molecule has 1 aliphatic rings. The number of nitrogens with zero attached hydrogens (tertiary/aromatic N) is 1. The molecule has 3 aromatic rings. The molecule has 3 aromatic carbocycles. The van der Waals surface area contributed by atoms with Crippen LogP contribution in [0.4, 0.5) is 4.79 Å². The SMILES string of the molecule is COc1ccc(C(=O)C2C(c3ccc(C)cc3)N(C(=O)NC(C)C)C(C)(C(=O)O)C2c2ccc(OC)cc2)cc1. The third-order valence-electron chi connectivity index (χ3n) is 7.72. The van der Waals surface area contributed by atoms with Gasteiger partial charge in [-0.3, -0.25) is 4.79 Å². The molecule has 8 heteroatoms. The second-order valence-corrected chi connectivity index (χ2v) is 10.7. The van der Waals surface area contributed by atoms with Gasteiger partial charge in [0.15, 0.2) is 5.78 Å². The van der Waals surface area contributed by atoms with Gasteiger partial charge in [0.25, 0.3) is 0 Å². The van der Waals surface area contributed by atoms with Gasteiger partial charge in [0.05, 0.1) is 26.2 Å². The second-order valence-electron chi connectivity index (χ2n) is 10.7. The highest BCUT2D eigenvalue weighted by molar-refractivity contribution is 6.02. The number of methoxy groups -OCH3 is 2. The molecule has 1 aliphatic heterocycles. The van der Waals surface area contributed by atoms with E-state index in [1.807, 2.05) is 45.0 Å². The van der Waals surface area contributed by atoms with E-state index in [9.17, 15) is 19.5 Å². The molecule has 2 amide bonds. The molecular weight excluding hydrogens is 508 g/mol. The lowest BCUT2D eigenvalue weighted by atomic mass is 9.71. The predicted molar refractivity (Wildman–Crippen MR) is 152 cm³/mol. The molecule has 2 N–H and O–H groups in total. The van der Waals surface area contributed by atoms with E-state index in [4.69, 9.17) is 9.47 Å². The fraction of sp³-hybridized carbons (Fsp3) is 0.344. The van der Waals surface area contributed by atoms with E-state index in [0.717, 1.165) is 5.56 Å². The first-order valence-electron chi connectivity index (χ1n) is 13.2. The number of likely N-dealkylation sites (tertiary alicyclic amines) is 1. The first-order chi connectivity index (χ1) is 19.0. The van der Waals surface area contributed by atoms with Crippen LogP contribution < -0.4 is 14.8 Å². The molecule has 0 aliphatic carbocycles. The van der Waals surface area contributed by atoms with Gasteiger partial charge in [0.1, 0.15) is 17.0 Å². The largest absolute Gasteiger partial charge is 0.497 e. The summed E-state index contributed by atoms with van der Waals surface area (Å²) in [5.41, 5.74) is 0.941. The molecule has 8 nitrogen and oxygen atoms in total. The van der Waals surface area contributed by atoms with Crippen molar-refractivity contribution < 1.29 is 29.0 Å². The van der Waals surface area contributed by atoms with Crippen LogP contribution in [0, 0.1) is 12.8 Å². The quantitative estimate of drug-likeness (QED) is 0.357. The van der Waals surface area contributed by atoms with Crippen LogP contribution in [0.25, 0.3) is 0 Å². The molecule has 0 radical (unpaired) electrons. The lowest BCUT2D eigenvalue weighted by Gasteiger charge is -2.38. The van der Waals surface area contributed by atoms with E-state index >= 15 is 0 Å². The summed E-state index contributed by atoms with van der Waals surface area (Å²) in [5, 5.41) is 13.7. The normalized spacial score (nSPS) is 22.2. The Bertz CT molecular complexity index is 1370. The van der Waals surface area contributed by atoms with Crippen LogP contribution >= 0.6 is 0 Å². The summed E-state index contributed by atoms with van der Waals surface area (Å²) in [6.45, 7) is 7.11. The van der Waals surface area contributed by atoms with Crippen LogP contribution in [0.15, 0.2) is 72.8 Å². The molecule has 1 saturated heterocycles. The average molecular weight is 545 g/mol. The third-order valence-corrected chi connectivity index (χ3v) is 7.72. The molecular formula is C32H36N2O6. The van der Waals surface area contributed by atoms with E-state index in [0.29, 0.717) is 28.2 Å². The third kappa shape index (κ3) is 5.13. The van der Waals surface area contributed by atoms with Crippen molar-refractivity contribution in [3.05, 3.63) is 95.1 Å². The van der Waals surface area contributed by atoms with Gasteiger partial charge in [0.2, 0.25) is 0 Å². The number of ketones is 1. The van der Waals surface area contributed by atoms with E-state index in [-0.39, 0.29) is 11.8 Å². The maximum atomic E-state index is 14.5. The Morgan fingerprint density at radius 2 is 1.35 bits per heavy atom. The Morgan fingerprint density at radius 3 is 1.82 bits per heavy atom. The van der Waals surface area contributed by atoms with Crippen LogP contribution in [0.1, 0.15) is 59.8 Å². The summed E-state index contributed by atoms with van der Waals surface area (Å²) in [5.74, 6) is -2.06. The number of hydrogen-bond donors (Lipinski definition) is 2. The number of urea groups is 1. The van der Waals surface area contributed by atoms with Crippen molar-refractivity contribution in [1.29, 1.82) is 0 Å². The van der Waals surface area contributed by atoms with E-state index in [1.54, 1.807) is 62.8 Å². The highest BCUT2D eigenvalue weighted by Gasteiger charge is 2.65. The standard InChI is InChI=1S/C32H36N2O6/c1-19(2)33-31(38)34-28(22-9-7-20(3)8-10-22)26(29(35)23-13-17-25(40-6)18-14-23)27(32(34,4)30(36)37)21-11-15-24(39-5)16-12-21/h7-19,26-28H,1-6H3,(H,33,38)(H,36,37). The Labute approximate surface area is 234 Å². The van der Waals surface area contributed by atoms with Gasteiger partial charge < -0.3 is 24.8 Å². The number of rotatable bonds is 8. The number of benzene rings is 3. The van der Waals surface area contributed by atoms with E-state index < -0.39 is 35.4 Å². The molecule has 0 aromatic heterocycles. The van der Waals surface area contributed by atoms with Gasteiger partial charge in [-0.1, -0.05) is 42.0 Å².